The lowest BCUT2D eigenvalue weighted by atomic mass is 9.99. The van der Waals surface area contributed by atoms with E-state index in [1.807, 2.05) is 37.3 Å². The van der Waals surface area contributed by atoms with Crippen molar-refractivity contribution in [3.05, 3.63) is 54.2 Å². The highest BCUT2D eigenvalue weighted by atomic mass is 16.5. The average molecular weight is 437 g/mol. The molecule has 1 unspecified atom stereocenters. The number of hydrogen-bond acceptors (Lipinski definition) is 6. The molecule has 1 aliphatic rings. The van der Waals surface area contributed by atoms with E-state index in [0.717, 1.165) is 18.4 Å². The van der Waals surface area contributed by atoms with Gasteiger partial charge in [-0.2, -0.15) is 10.1 Å². The molecule has 32 heavy (non-hydrogen) atoms. The van der Waals surface area contributed by atoms with E-state index in [4.69, 9.17) is 4.52 Å². The minimum atomic E-state index is -0.148. The molecule has 0 spiro atoms. The lowest BCUT2D eigenvalue weighted by Gasteiger charge is -2.21. The molecule has 2 aromatic heterocycles. The van der Waals surface area contributed by atoms with E-state index in [1.54, 1.807) is 21.8 Å². The predicted molar refractivity (Wildman–Crippen MR) is 118 cm³/mol. The van der Waals surface area contributed by atoms with Gasteiger partial charge in [-0.25, -0.2) is 0 Å². The average Bonchev–Trinajstić information content (AvgIpc) is 3.49. The Kier molecular flexibility index (Phi) is 6.94. The zero-order valence-electron chi connectivity index (χ0n) is 18.2. The van der Waals surface area contributed by atoms with Crippen LogP contribution >= 0.6 is 0 Å². The number of nitrogens with one attached hydrogen (secondary N) is 1. The van der Waals surface area contributed by atoms with Crippen LogP contribution in [-0.4, -0.2) is 56.3 Å². The minimum Gasteiger partial charge on any atom is -0.356 e. The Balaban J connectivity index is 1.46. The third-order valence-corrected chi connectivity index (χ3v) is 5.70. The van der Waals surface area contributed by atoms with Gasteiger partial charge in [0.25, 0.3) is 5.91 Å². The van der Waals surface area contributed by atoms with Crippen molar-refractivity contribution in [3.8, 4) is 11.4 Å². The van der Waals surface area contributed by atoms with Crippen molar-refractivity contribution in [2.45, 2.75) is 45.1 Å². The van der Waals surface area contributed by atoms with E-state index in [-0.39, 0.29) is 24.2 Å². The van der Waals surface area contributed by atoms with Crippen LogP contribution in [0.15, 0.2) is 47.1 Å². The Morgan fingerprint density at radius 1 is 1.19 bits per heavy atom. The van der Waals surface area contributed by atoms with Crippen molar-refractivity contribution in [3.63, 3.8) is 0 Å². The maximum atomic E-state index is 13.0. The van der Waals surface area contributed by atoms with Gasteiger partial charge >= 0.3 is 0 Å². The molecule has 0 bridgehead atoms. The summed E-state index contributed by atoms with van der Waals surface area (Å²) >= 11 is 0. The normalized spacial score (nSPS) is 18.1. The van der Waals surface area contributed by atoms with Crippen LogP contribution in [0.5, 0.6) is 0 Å². The molecule has 9 nitrogen and oxygen atoms in total. The smallest absolute Gasteiger partial charge is 0.274 e. The molecule has 3 aromatic rings. The van der Waals surface area contributed by atoms with Crippen LogP contribution in [0.3, 0.4) is 0 Å². The summed E-state index contributed by atoms with van der Waals surface area (Å²) in [5.74, 6) is 0.914. The van der Waals surface area contributed by atoms with Crippen LogP contribution < -0.4 is 5.32 Å². The summed E-state index contributed by atoms with van der Waals surface area (Å²) in [6.45, 7) is 4.11. The molecular weight excluding hydrogens is 408 g/mol. The van der Waals surface area contributed by atoms with E-state index in [2.05, 4.69) is 20.6 Å². The van der Waals surface area contributed by atoms with E-state index < -0.39 is 0 Å². The molecule has 1 atom stereocenters. The molecule has 2 amide bonds. The van der Waals surface area contributed by atoms with Gasteiger partial charge in [0.05, 0.1) is 0 Å². The lowest BCUT2D eigenvalue weighted by Crippen LogP contribution is -2.36. The first kappa shape index (κ1) is 21.7. The maximum absolute atomic E-state index is 13.0. The molecule has 3 heterocycles. The zero-order chi connectivity index (χ0) is 22.3. The number of hydrogen-bond donors (Lipinski definition) is 1. The van der Waals surface area contributed by atoms with Crippen LogP contribution in [0, 0.1) is 0 Å². The fourth-order valence-corrected chi connectivity index (χ4v) is 3.86. The van der Waals surface area contributed by atoms with E-state index in [1.165, 1.54) is 0 Å². The van der Waals surface area contributed by atoms with Gasteiger partial charge in [0.1, 0.15) is 5.69 Å². The largest absolute Gasteiger partial charge is 0.356 e. The number of aromatic nitrogens is 4. The monoisotopic (exact) mass is 436 g/mol. The molecule has 9 heteroatoms. The highest BCUT2D eigenvalue weighted by Gasteiger charge is 2.24. The number of nitrogens with zero attached hydrogens (tertiary/aromatic N) is 5. The molecular formula is C23H28N6O3. The maximum Gasteiger partial charge on any atom is 0.274 e. The van der Waals surface area contributed by atoms with Crippen LogP contribution in [0.4, 0.5) is 0 Å². The van der Waals surface area contributed by atoms with Crippen molar-refractivity contribution in [1.29, 1.82) is 0 Å². The number of benzene rings is 1. The number of rotatable bonds is 4. The Labute approximate surface area is 186 Å². The SMILES string of the molecule is CCn1ccc(C(=O)N2CCCC(c3nc(-c4ccccc4)no3)CCNC(=O)CC2)n1. The minimum absolute atomic E-state index is 0.00890. The van der Waals surface area contributed by atoms with Gasteiger partial charge in [-0.3, -0.25) is 14.3 Å². The summed E-state index contributed by atoms with van der Waals surface area (Å²) in [6, 6.07) is 11.4. The first-order valence-electron chi connectivity index (χ1n) is 11.1. The summed E-state index contributed by atoms with van der Waals surface area (Å²) in [5.41, 5.74) is 1.30. The molecule has 4 rings (SSSR count). The number of amides is 2. The number of carbonyl (C=O) groups is 2. The first-order valence-corrected chi connectivity index (χ1v) is 11.1. The lowest BCUT2D eigenvalue weighted by molar-refractivity contribution is -0.121. The van der Waals surface area contributed by atoms with Gasteiger partial charge in [-0.1, -0.05) is 35.5 Å². The van der Waals surface area contributed by atoms with Crippen molar-refractivity contribution >= 4 is 11.8 Å². The second kappa shape index (κ2) is 10.2. The second-order valence-corrected chi connectivity index (χ2v) is 7.90. The quantitative estimate of drug-likeness (QED) is 0.674. The van der Waals surface area contributed by atoms with Crippen molar-refractivity contribution in [2.75, 3.05) is 19.6 Å². The molecule has 1 aliphatic heterocycles. The number of aryl methyl sites for hydroxylation is 1. The van der Waals surface area contributed by atoms with Gasteiger partial charge in [-0.05, 0) is 32.3 Å². The first-order chi connectivity index (χ1) is 15.6. The third kappa shape index (κ3) is 5.22. The topological polar surface area (TPSA) is 106 Å². The summed E-state index contributed by atoms with van der Waals surface area (Å²) in [5, 5.41) is 11.4. The fourth-order valence-electron chi connectivity index (χ4n) is 3.86. The van der Waals surface area contributed by atoms with E-state index in [0.29, 0.717) is 50.0 Å². The Hall–Kier alpha value is -3.49. The van der Waals surface area contributed by atoms with Crippen molar-refractivity contribution in [2.24, 2.45) is 0 Å². The third-order valence-electron chi connectivity index (χ3n) is 5.70. The standard InChI is InChI=1S/C23H28N6O3/c1-2-29-16-11-19(26-29)23(31)28-14-6-9-18(10-13-24-20(30)12-15-28)22-25-21(27-32-22)17-7-4-3-5-8-17/h3-5,7-8,11,16,18H,2,6,9-10,12-15H2,1H3,(H,24,30). The number of carbonyl (C=O) groups excluding carboxylic acids is 2. The molecule has 1 fully saturated rings. The van der Waals surface area contributed by atoms with Crippen LogP contribution in [-0.2, 0) is 11.3 Å². The second-order valence-electron chi connectivity index (χ2n) is 7.90. The summed E-state index contributed by atoms with van der Waals surface area (Å²) in [4.78, 5) is 31.6. The van der Waals surface area contributed by atoms with Gasteiger partial charge in [0.2, 0.25) is 17.6 Å². The molecule has 0 saturated carbocycles. The van der Waals surface area contributed by atoms with Crippen LogP contribution in [0.2, 0.25) is 0 Å². The molecule has 1 N–H and O–H groups in total. The highest BCUT2D eigenvalue weighted by Crippen LogP contribution is 2.26. The molecule has 0 radical (unpaired) electrons. The Morgan fingerprint density at radius 2 is 2.03 bits per heavy atom. The van der Waals surface area contributed by atoms with Gasteiger partial charge < -0.3 is 14.7 Å². The predicted octanol–water partition coefficient (Wildman–Crippen LogP) is 2.87. The van der Waals surface area contributed by atoms with Gasteiger partial charge in [0.15, 0.2) is 0 Å². The summed E-state index contributed by atoms with van der Waals surface area (Å²) in [7, 11) is 0. The summed E-state index contributed by atoms with van der Waals surface area (Å²) < 4.78 is 7.30. The van der Waals surface area contributed by atoms with E-state index in [9.17, 15) is 9.59 Å². The van der Waals surface area contributed by atoms with Gasteiger partial charge in [-0.15, -0.1) is 0 Å². The van der Waals surface area contributed by atoms with Crippen LogP contribution in [0.25, 0.3) is 11.4 Å². The molecule has 1 saturated heterocycles. The van der Waals surface area contributed by atoms with Gasteiger partial charge in [0, 0.05) is 50.3 Å². The fraction of sp³-hybridized carbons (Fsp3) is 0.435. The molecule has 1 aromatic carbocycles. The summed E-state index contributed by atoms with van der Waals surface area (Å²) in [6.07, 6.45) is 4.31. The van der Waals surface area contributed by atoms with Crippen LogP contribution in [0.1, 0.15) is 54.9 Å². The Morgan fingerprint density at radius 3 is 2.81 bits per heavy atom. The Bertz CT molecular complexity index is 1040. The van der Waals surface area contributed by atoms with Crippen molar-refractivity contribution < 1.29 is 14.1 Å². The molecule has 168 valence electrons. The van der Waals surface area contributed by atoms with E-state index >= 15 is 0 Å². The highest BCUT2D eigenvalue weighted by molar-refractivity contribution is 5.92. The van der Waals surface area contributed by atoms with Crippen molar-refractivity contribution in [1.82, 2.24) is 30.1 Å². The molecule has 0 aliphatic carbocycles. The zero-order valence-corrected chi connectivity index (χ0v) is 18.2.